The molecule has 15 heteroatoms. The van der Waals surface area contributed by atoms with Crippen molar-refractivity contribution in [2.75, 3.05) is 70.9 Å². The van der Waals surface area contributed by atoms with Crippen molar-refractivity contribution in [3.8, 4) is 0 Å². The molecule has 0 saturated heterocycles. The second-order valence-corrected chi connectivity index (χ2v) is 17.5. The first-order chi connectivity index (χ1) is 27.0. The number of aliphatic carboxylic acids is 1. The third-order valence-electron chi connectivity index (χ3n) is 8.48. The van der Waals surface area contributed by atoms with Crippen LogP contribution >= 0.6 is 11.8 Å². The Labute approximate surface area is 346 Å². The summed E-state index contributed by atoms with van der Waals surface area (Å²) in [4.78, 5) is 72.3. The number of ketones is 2. The van der Waals surface area contributed by atoms with Crippen LogP contribution in [0.15, 0.2) is 0 Å². The Morgan fingerprint density at radius 2 is 1.12 bits per heavy atom. The molecule has 332 valence electrons. The zero-order valence-corrected chi connectivity index (χ0v) is 36.8. The molecule has 0 aromatic rings. The van der Waals surface area contributed by atoms with Crippen LogP contribution in [0.1, 0.15) is 144 Å². The van der Waals surface area contributed by atoms with Gasteiger partial charge >= 0.3 is 11.9 Å². The summed E-state index contributed by atoms with van der Waals surface area (Å²) < 4.78 is 26.4. The van der Waals surface area contributed by atoms with Crippen LogP contribution in [0.5, 0.6) is 0 Å². The summed E-state index contributed by atoms with van der Waals surface area (Å²) in [6, 6.07) is -0.890. The van der Waals surface area contributed by atoms with Gasteiger partial charge in [-0.05, 0) is 70.8 Å². The number of unbranched alkanes of at least 4 members (excludes halogenated alkanes) is 8. The van der Waals surface area contributed by atoms with Crippen LogP contribution in [-0.4, -0.2) is 123 Å². The number of ether oxygens (including phenoxy) is 5. The quantitative estimate of drug-likeness (QED) is 0.0468. The van der Waals surface area contributed by atoms with Crippen molar-refractivity contribution in [3.63, 3.8) is 0 Å². The minimum atomic E-state index is -1.05. The predicted molar refractivity (Wildman–Crippen MR) is 222 cm³/mol. The summed E-state index contributed by atoms with van der Waals surface area (Å²) in [7, 11) is 0. The Balaban J connectivity index is 4.03. The number of carbonyl (C=O) groups excluding carboxylic acids is 5. The van der Waals surface area contributed by atoms with Gasteiger partial charge in [-0.25, -0.2) is 9.59 Å². The van der Waals surface area contributed by atoms with Crippen molar-refractivity contribution < 1.29 is 57.6 Å². The highest BCUT2D eigenvalue weighted by Crippen LogP contribution is 2.19. The Morgan fingerprint density at radius 3 is 1.72 bits per heavy atom. The third kappa shape index (κ3) is 37.4. The lowest BCUT2D eigenvalue weighted by Gasteiger charge is -2.24. The summed E-state index contributed by atoms with van der Waals surface area (Å²) >= 11 is 2.01. The maximum Gasteiger partial charge on any atom is 0.329 e. The number of esters is 1. The van der Waals surface area contributed by atoms with E-state index in [0.29, 0.717) is 31.7 Å². The molecule has 0 heterocycles. The van der Waals surface area contributed by atoms with E-state index in [9.17, 15) is 28.8 Å². The van der Waals surface area contributed by atoms with Crippen LogP contribution in [0.3, 0.4) is 0 Å². The summed E-state index contributed by atoms with van der Waals surface area (Å²) in [5, 5.41) is 13.9. The molecule has 0 saturated carbocycles. The number of hydrogen-bond donors (Lipinski definition) is 3. The number of carbonyl (C=O) groups is 6. The molecule has 0 aliphatic rings. The Kier molecular flexibility index (Phi) is 32.7. The van der Waals surface area contributed by atoms with E-state index in [1.807, 2.05) is 32.5 Å². The van der Waals surface area contributed by atoms with E-state index < -0.39 is 23.6 Å². The largest absolute Gasteiger partial charge is 0.480 e. The van der Waals surface area contributed by atoms with Crippen molar-refractivity contribution in [3.05, 3.63) is 0 Å². The van der Waals surface area contributed by atoms with E-state index in [2.05, 4.69) is 10.6 Å². The number of nitrogens with one attached hydrogen (secondary N) is 2. The van der Waals surface area contributed by atoms with Gasteiger partial charge in [0, 0.05) is 44.2 Å². The molecule has 0 spiro atoms. The van der Waals surface area contributed by atoms with E-state index >= 15 is 0 Å². The number of thioether (sulfide) groups is 1. The molecule has 14 nitrogen and oxygen atoms in total. The Morgan fingerprint density at radius 1 is 0.579 bits per heavy atom. The fraction of sp³-hybridized carbons (Fsp3) is 0.857. The lowest BCUT2D eigenvalue weighted by molar-refractivity contribution is -0.159. The van der Waals surface area contributed by atoms with Gasteiger partial charge in [0.2, 0.25) is 11.8 Å². The number of amides is 2. The van der Waals surface area contributed by atoms with Gasteiger partial charge in [-0.2, -0.15) is 11.8 Å². The van der Waals surface area contributed by atoms with Gasteiger partial charge in [0.05, 0.1) is 33.0 Å². The molecule has 3 N–H and O–H groups in total. The van der Waals surface area contributed by atoms with Gasteiger partial charge in [0.25, 0.3) is 0 Å². The monoisotopic (exact) mass is 833 g/mol. The fourth-order valence-corrected chi connectivity index (χ4v) is 6.31. The second-order valence-electron chi connectivity index (χ2n) is 16.2. The van der Waals surface area contributed by atoms with Crippen LogP contribution < -0.4 is 10.6 Å². The summed E-state index contributed by atoms with van der Waals surface area (Å²) in [5.41, 5.74) is -0.945. The first-order valence-corrected chi connectivity index (χ1v) is 22.1. The molecule has 0 rings (SSSR count). The van der Waals surface area contributed by atoms with Gasteiger partial charge in [-0.15, -0.1) is 0 Å². The van der Waals surface area contributed by atoms with E-state index in [4.69, 9.17) is 28.8 Å². The molecule has 0 aromatic heterocycles. The predicted octanol–water partition coefficient (Wildman–Crippen LogP) is 6.24. The highest BCUT2D eigenvalue weighted by molar-refractivity contribution is 7.99. The van der Waals surface area contributed by atoms with Gasteiger partial charge in [-0.3, -0.25) is 19.2 Å². The van der Waals surface area contributed by atoms with Crippen molar-refractivity contribution in [2.45, 2.75) is 156 Å². The minimum absolute atomic E-state index is 0.0370. The summed E-state index contributed by atoms with van der Waals surface area (Å²) in [5.74, 6) is 0.544. The molecule has 0 aliphatic carbocycles. The summed E-state index contributed by atoms with van der Waals surface area (Å²) in [6.07, 6.45) is 12.9. The molecule has 0 fully saturated rings. The molecule has 0 radical (unpaired) electrons. The second kappa shape index (κ2) is 34.3. The average Bonchev–Trinajstić information content (AvgIpc) is 3.12. The molecule has 1 atom stereocenters. The number of Topliss-reactive ketones (excluding diaryl/α,β-unsaturated/α-hetero) is 2. The molecular formula is C42H76N2O12S. The minimum Gasteiger partial charge on any atom is -0.480 e. The van der Waals surface area contributed by atoms with Crippen LogP contribution in [-0.2, 0) is 52.5 Å². The molecule has 0 bridgehead atoms. The first kappa shape index (κ1) is 54.4. The fourth-order valence-electron chi connectivity index (χ4n) is 5.28. The molecule has 1 unspecified atom stereocenters. The van der Waals surface area contributed by atoms with Crippen molar-refractivity contribution >= 4 is 47.1 Å². The van der Waals surface area contributed by atoms with Crippen LogP contribution in [0.25, 0.3) is 0 Å². The van der Waals surface area contributed by atoms with E-state index in [1.165, 1.54) is 31.4 Å². The van der Waals surface area contributed by atoms with Gasteiger partial charge < -0.3 is 39.4 Å². The van der Waals surface area contributed by atoms with Crippen LogP contribution in [0.2, 0.25) is 0 Å². The van der Waals surface area contributed by atoms with Crippen molar-refractivity contribution in [1.82, 2.24) is 10.6 Å². The zero-order chi connectivity index (χ0) is 42.8. The molecule has 57 heavy (non-hydrogen) atoms. The van der Waals surface area contributed by atoms with E-state index in [1.54, 1.807) is 20.8 Å². The Hall–Kier alpha value is -2.59. The standard InChI is InChI=1S/C42H76N2O12S/c1-41(2,3)36(46)19-13-9-7-11-15-30-57-31-16-12-8-10-14-20-37(47)44-35(40(51)56-42(4,5)6)22-21-34(45)18-17-24-52-26-28-54-32-38(48)43-23-25-53-27-29-55-33-39(49)50/h35H,7-33H2,1-6H3,(H,43,48)(H,44,47)(H,49,50). The highest BCUT2D eigenvalue weighted by Gasteiger charge is 2.27. The van der Waals surface area contributed by atoms with Crippen LogP contribution in [0, 0.1) is 5.41 Å². The van der Waals surface area contributed by atoms with Gasteiger partial charge in [0.15, 0.2) is 0 Å². The number of carboxylic acid groups (broad SMARTS) is 1. The first-order valence-electron chi connectivity index (χ1n) is 21.0. The highest BCUT2D eigenvalue weighted by atomic mass is 32.2. The number of carboxylic acids is 1. The molecule has 2 amide bonds. The van der Waals surface area contributed by atoms with Gasteiger partial charge in [-0.1, -0.05) is 59.3 Å². The smallest absolute Gasteiger partial charge is 0.329 e. The van der Waals surface area contributed by atoms with Crippen molar-refractivity contribution in [2.24, 2.45) is 5.41 Å². The average molecular weight is 833 g/mol. The molecule has 0 aromatic carbocycles. The zero-order valence-electron chi connectivity index (χ0n) is 36.0. The maximum atomic E-state index is 12.9. The molecule has 0 aliphatic heterocycles. The third-order valence-corrected chi connectivity index (χ3v) is 9.63. The maximum absolute atomic E-state index is 12.9. The number of rotatable bonds is 38. The number of hydrogen-bond acceptors (Lipinski definition) is 12. The van der Waals surface area contributed by atoms with Crippen molar-refractivity contribution in [1.29, 1.82) is 0 Å². The van der Waals surface area contributed by atoms with E-state index in [0.717, 1.165) is 44.3 Å². The Bertz CT molecular complexity index is 1120. The lowest BCUT2D eigenvalue weighted by Crippen LogP contribution is -2.44. The summed E-state index contributed by atoms with van der Waals surface area (Å²) in [6.45, 7) is 12.5. The van der Waals surface area contributed by atoms with E-state index in [-0.39, 0.29) is 95.1 Å². The van der Waals surface area contributed by atoms with Gasteiger partial charge in [0.1, 0.15) is 36.4 Å². The van der Waals surface area contributed by atoms with Crippen LogP contribution in [0.4, 0.5) is 0 Å². The normalized spacial score (nSPS) is 12.2. The molecular weight excluding hydrogens is 757 g/mol. The SMILES string of the molecule is CC(C)(C)OC(=O)C(CCC(=O)CCCOCCOCC(=O)NCCOCCOCC(=O)O)NC(=O)CCCCCCCSCCCCCCCC(=O)C(C)(C)C. The lowest BCUT2D eigenvalue weighted by atomic mass is 9.88. The topological polar surface area (TPSA) is 193 Å².